The van der Waals surface area contributed by atoms with Crippen LogP contribution in [0.3, 0.4) is 0 Å². The molecule has 1 aromatic rings. The highest BCUT2D eigenvalue weighted by atomic mass is 16.3. The monoisotopic (exact) mass is 138 g/mol. The summed E-state index contributed by atoms with van der Waals surface area (Å²) in [6.07, 6.45) is 1.70. The summed E-state index contributed by atoms with van der Waals surface area (Å²) < 4.78 is 0. The molecule has 4 heteroatoms. The summed E-state index contributed by atoms with van der Waals surface area (Å²) in [6, 6.07) is 1.27. The molecular formula is C6H6N2O2. The summed E-state index contributed by atoms with van der Waals surface area (Å²) in [6.45, 7) is 0. The standard InChI is InChI=1S/C6H6N2O2/c7-5-1-4(10)2-8-6(5)3-9/h1-3,10H,7H2. The minimum atomic E-state index is -0.0388. The molecule has 0 atom stereocenters. The Morgan fingerprint density at radius 1 is 1.70 bits per heavy atom. The number of nitrogens with zero attached hydrogens (tertiary/aromatic N) is 1. The second-order valence-corrected chi connectivity index (χ2v) is 1.79. The molecule has 0 aliphatic rings. The third kappa shape index (κ3) is 1.05. The van der Waals surface area contributed by atoms with Crippen LogP contribution in [0.2, 0.25) is 0 Å². The normalized spacial score (nSPS) is 9.20. The minimum absolute atomic E-state index is 0.0388. The topological polar surface area (TPSA) is 76.2 Å². The summed E-state index contributed by atoms with van der Waals surface area (Å²) in [7, 11) is 0. The average molecular weight is 138 g/mol. The van der Waals surface area contributed by atoms with Crippen molar-refractivity contribution >= 4 is 12.0 Å². The van der Waals surface area contributed by atoms with Gasteiger partial charge in [-0.2, -0.15) is 0 Å². The van der Waals surface area contributed by atoms with Gasteiger partial charge in [0.15, 0.2) is 6.29 Å². The Bertz CT molecular complexity index is 260. The molecule has 10 heavy (non-hydrogen) atoms. The maximum absolute atomic E-state index is 10.1. The summed E-state index contributed by atoms with van der Waals surface area (Å²) in [4.78, 5) is 13.7. The second kappa shape index (κ2) is 2.34. The first-order valence-electron chi connectivity index (χ1n) is 2.63. The Morgan fingerprint density at radius 3 is 2.90 bits per heavy atom. The number of aldehydes is 1. The molecule has 0 saturated carbocycles. The zero-order valence-corrected chi connectivity index (χ0v) is 5.11. The molecule has 52 valence electrons. The number of nitrogen functional groups attached to an aromatic ring is 1. The zero-order valence-electron chi connectivity index (χ0n) is 5.11. The largest absolute Gasteiger partial charge is 0.506 e. The lowest BCUT2D eigenvalue weighted by atomic mass is 10.3. The van der Waals surface area contributed by atoms with Crippen LogP contribution in [0.1, 0.15) is 10.5 Å². The van der Waals surface area contributed by atoms with E-state index in [0.29, 0.717) is 6.29 Å². The van der Waals surface area contributed by atoms with Gasteiger partial charge in [-0.05, 0) is 0 Å². The maximum atomic E-state index is 10.1. The quantitative estimate of drug-likeness (QED) is 0.543. The van der Waals surface area contributed by atoms with E-state index in [1.54, 1.807) is 0 Å². The van der Waals surface area contributed by atoms with Gasteiger partial charge in [0.25, 0.3) is 0 Å². The second-order valence-electron chi connectivity index (χ2n) is 1.79. The van der Waals surface area contributed by atoms with E-state index in [9.17, 15) is 4.79 Å². The molecule has 0 aliphatic heterocycles. The lowest BCUT2D eigenvalue weighted by Gasteiger charge is -1.95. The van der Waals surface area contributed by atoms with Crippen molar-refractivity contribution in [2.75, 3.05) is 5.73 Å². The summed E-state index contributed by atoms with van der Waals surface area (Å²) in [5, 5.41) is 8.77. The van der Waals surface area contributed by atoms with Gasteiger partial charge in [0.05, 0.1) is 11.9 Å². The number of pyridine rings is 1. The SMILES string of the molecule is Nc1cc(O)cnc1C=O. The molecule has 0 aromatic carbocycles. The Hall–Kier alpha value is -1.58. The van der Waals surface area contributed by atoms with E-state index in [1.807, 2.05) is 0 Å². The van der Waals surface area contributed by atoms with Crippen LogP contribution in [0.4, 0.5) is 5.69 Å². The highest BCUT2D eigenvalue weighted by Crippen LogP contribution is 2.13. The van der Waals surface area contributed by atoms with Crippen LogP contribution >= 0.6 is 0 Å². The van der Waals surface area contributed by atoms with Crippen LogP contribution in [0.5, 0.6) is 5.75 Å². The number of carbonyl (C=O) groups excluding carboxylic acids is 1. The van der Waals surface area contributed by atoms with Gasteiger partial charge in [-0.25, -0.2) is 4.98 Å². The fourth-order valence-corrected chi connectivity index (χ4v) is 0.579. The van der Waals surface area contributed by atoms with Crippen LogP contribution in [0.15, 0.2) is 12.3 Å². The highest BCUT2D eigenvalue weighted by molar-refractivity contribution is 5.80. The number of nitrogens with two attached hydrogens (primary N) is 1. The molecule has 0 amide bonds. The van der Waals surface area contributed by atoms with Crippen molar-refractivity contribution in [1.82, 2.24) is 4.98 Å². The molecule has 0 bridgehead atoms. The van der Waals surface area contributed by atoms with E-state index in [0.717, 1.165) is 0 Å². The predicted molar refractivity (Wildman–Crippen MR) is 35.7 cm³/mol. The summed E-state index contributed by atoms with van der Waals surface area (Å²) >= 11 is 0. The van der Waals surface area contributed by atoms with Crippen LogP contribution in [-0.4, -0.2) is 16.4 Å². The molecule has 4 nitrogen and oxygen atoms in total. The fraction of sp³-hybridized carbons (Fsp3) is 0. The van der Waals surface area contributed by atoms with E-state index in [4.69, 9.17) is 10.8 Å². The molecule has 1 heterocycles. The van der Waals surface area contributed by atoms with E-state index < -0.39 is 0 Å². The Kier molecular flexibility index (Phi) is 1.53. The molecule has 0 aliphatic carbocycles. The molecule has 0 unspecified atom stereocenters. The van der Waals surface area contributed by atoms with Crippen molar-refractivity contribution < 1.29 is 9.90 Å². The van der Waals surface area contributed by atoms with E-state index >= 15 is 0 Å². The Balaban J connectivity index is 3.19. The zero-order chi connectivity index (χ0) is 7.56. The third-order valence-electron chi connectivity index (χ3n) is 1.05. The van der Waals surface area contributed by atoms with Gasteiger partial charge >= 0.3 is 0 Å². The van der Waals surface area contributed by atoms with Crippen molar-refractivity contribution in [1.29, 1.82) is 0 Å². The van der Waals surface area contributed by atoms with Gasteiger partial charge in [-0.3, -0.25) is 4.79 Å². The summed E-state index contributed by atoms with van der Waals surface area (Å²) in [5.74, 6) is -0.0388. The van der Waals surface area contributed by atoms with E-state index in [2.05, 4.69) is 4.98 Å². The number of anilines is 1. The lowest BCUT2D eigenvalue weighted by Crippen LogP contribution is -1.94. The van der Waals surface area contributed by atoms with Gasteiger partial charge < -0.3 is 10.8 Å². The van der Waals surface area contributed by atoms with Gasteiger partial charge in [-0.1, -0.05) is 0 Å². The number of aromatic hydroxyl groups is 1. The third-order valence-corrected chi connectivity index (χ3v) is 1.05. The van der Waals surface area contributed by atoms with Gasteiger partial charge in [-0.15, -0.1) is 0 Å². The first-order chi connectivity index (χ1) is 4.74. The van der Waals surface area contributed by atoms with E-state index in [1.165, 1.54) is 12.3 Å². The van der Waals surface area contributed by atoms with Crippen molar-refractivity contribution in [2.45, 2.75) is 0 Å². The van der Waals surface area contributed by atoms with Crippen LogP contribution < -0.4 is 5.73 Å². The molecule has 1 rings (SSSR count). The van der Waals surface area contributed by atoms with Crippen LogP contribution in [-0.2, 0) is 0 Å². The molecular weight excluding hydrogens is 132 g/mol. The smallest absolute Gasteiger partial charge is 0.170 e. The molecule has 0 saturated heterocycles. The van der Waals surface area contributed by atoms with Gasteiger partial charge in [0.1, 0.15) is 11.4 Å². The molecule has 1 aromatic heterocycles. The number of carbonyl (C=O) groups is 1. The Morgan fingerprint density at radius 2 is 2.40 bits per heavy atom. The van der Waals surface area contributed by atoms with Gasteiger partial charge in [0, 0.05) is 6.07 Å². The molecule has 3 N–H and O–H groups in total. The van der Waals surface area contributed by atoms with Crippen LogP contribution in [0, 0.1) is 0 Å². The van der Waals surface area contributed by atoms with E-state index in [-0.39, 0.29) is 17.1 Å². The minimum Gasteiger partial charge on any atom is -0.506 e. The van der Waals surface area contributed by atoms with Crippen molar-refractivity contribution in [2.24, 2.45) is 0 Å². The van der Waals surface area contributed by atoms with Gasteiger partial charge in [0.2, 0.25) is 0 Å². The van der Waals surface area contributed by atoms with Crippen molar-refractivity contribution in [3.63, 3.8) is 0 Å². The average Bonchev–Trinajstić information content (AvgIpc) is 1.88. The first kappa shape index (κ1) is 6.54. The Labute approximate surface area is 57.3 Å². The lowest BCUT2D eigenvalue weighted by molar-refractivity contribution is 0.112. The van der Waals surface area contributed by atoms with Crippen LogP contribution in [0.25, 0.3) is 0 Å². The molecule has 0 spiro atoms. The van der Waals surface area contributed by atoms with Crippen molar-refractivity contribution in [3.05, 3.63) is 18.0 Å². The molecule has 0 fully saturated rings. The predicted octanol–water partition coefficient (Wildman–Crippen LogP) is 0.182. The highest BCUT2D eigenvalue weighted by Gasteiger charge is 1.98. The fourth-order valence-electron chi connectivity index (χ4n) is 0.579. The molecule has 0 radical (unpaired) electrons. The maximum Gasteiger partial charge on any atom is 0.170 e. The number of hydrogen-bond donors (Lipinski definition) is 2. The first-order valence-corrected chi connectivity index (χ1v) is 2.63. The number of hydrogen-bond acceptors (Lipinski definition) is 4. The van der Waals surface area contributed by atoms with Crippen molar-refractivity contribution in [3.8, 4) is 5.75 Å². The number of aromatic nitrogens is 1. The summed E-state index contributed by atoms with van der Waals surface area (Å²) in [5.41, 5.74) is 5.62. The number of rotatable bonds is 1.